The zero-order valence-electron chi connectivity index (χ0n) is 18.8. The van der Waals surface area contributed by atoms with Gasteiger partial charge in [-0.3, -0.25) is 4.79 Å². The van der Waals surface area contributed by atoms with Crippen molar-refractivity contribution in [1.29, 1.82) is 0 Å². The van der Waals surface area contributed by atoms with Crippen molar-refractivity contribution in [2.75, 3.05) is 13.2 Å². The van der Waals surface area contributed by atoms with Crippen LogP contribution in [0.3, 0.4) is 0 Å². The first-order chi connectivity index (χ1) is 14.6. The number of unbranched alkanes of at least 4 members (excludes halogenated alkanes) is 11. The number of carbonyl (C=O) groups is 1. The first kappa shape index (κ1) is 27.1. The van der Waals surface area contributed by atoms with E-state index in [1.54, 1.807) is 0 Å². The van der Waals surface area contributed by atoms with Crippen molar-refractivity contribution in [3.8, 4) is 0 Å². The average Bonchev–Trinajstić information content (AvgIpc) is 3.07. The summed E-state index contributed by atoms with van der Waals surface area (Å²) in [7, 11) is 0. The maximum atomic E-state index is 11.7. The molecule has 4 atom stereocenters. The van der Waals surface area contributed by atoms with E-state index in [1.807, 2.05) is 0 Å². The summed E-state index contributed by atoms with van der Waals surface area (Å²) < 4.78 is 10.2. The van der Waals surface area contributed by atoms with Crippen LogP contribution in [0.25, 0.3) is 0 Å². The topological polar surface area (TPSA) is 96.2 Å². The lowest BCUT2D eigenvalue weighted by Gasteiger charge is -2.20. The summed E-state index contributed by atoms with van der Waals surface area (Å²) in [6, 6.07) is 0. The monoisotopic (exact) mass is 428 g/mol. The molecule has 30 heavy (non-hydrogen) atoms. The van der Waals surface area contributed by atoms with E-state index in [1.165, 1.54) is 57.8 Å². The zero-order chi connectivity index (χ0) is 22.0. The molecule has 0 aromatic heterocycles. The highest BCUT2D eigenvalue weighted by molar-refractivity contribution is 5.69. The standard InChI is InChI=1S/C24H44O6/c1-2-3-4-5-6-7-8-9-10-11-12-13-14-15-16-17-22(27)29-19-21(26)24-23(28)20(25)18-30-24/h9-10,20-21,23-26,28H,2-8,11-19H2,1H3/t20-,21+,23+,24?/m0/s1. The number of allylic oxidation sites excluding steroid dienone is 2. The van der Waals surface area contributed by atoms with Gasteiger partial charge in [0.15, 0.2) is 0 Å². The fourth-order valence-electron chi connectivity index (χ4n) is 3.65. The lowest BCUT2D eigenvalue weighted by Crippen LogP contribution is -2.41. The van der Waals surface area contributed by atoms with Gasteiger partial charge in [0, 0.05) is 6.42 Å². The van der Waals surface area contributed by atoms with E-state index in [0.29, 0.717) is 6.42 Å². The number of rotatable bonds is 18. The van der Waals surface area contributed by atoms with Crippen LogP contribution in [0.5, 0.6) is 0 Å². The highest BCUT2D eigenvalue weighted by atomic mass is 16.6. The minimum atomic E-state index is -1.15. The molecule has 1 aliphatic rings. The summed E-state index contributed by atoms with van der Waals surface area (Å²) in [6.45, 7) is 2.00. The van der Waals surface area contributed by atoms with Crippen LogP contribution in [-0.2, 0) is 14.3 Å². The summed E-state index contributed by atoms with van der Waals surface area (Å²) >= 11 is 0. The lowest BCUT2D eigenvalue weighted by molar-refractivity contribution is -0.151. The minimum absolute atomic E-state index is 0.0221. The van der Waals surface area contributed by atoms with Crippen molar-refractivity contribution < 1.29 is 29.6 Å². The first-order valence-electron chi connectivity index (χ1n) is 12.0. The van der Waals surface area contributed by atoms with Crippen LogP contribution in [0, 0.1) is 0 Å². The van der Waals surface area contributed by atoms with Crippen LogP contribution < -0.4 is 0 Å². The predicted octanol–water partition coefficient (Wildman–Crippen LogP) is 4.05. The molecule has 0 bridgehead atoms. The average molecular weight is 429 g/mol. The molecule has 1 aliphatic heterocycles. The molecule has 6 heteroatoms. The number of esters is 1. The van der Waals surface area contributed by atoms with E-state index >= 15 is 0 Å². The number of aliphatic hydroxyl groups excluding tert-OH is 3. The minimum Gasteiger partial charge on any atom is -0.463 e. The molecular weight excluding hydrogens is 384 g/mol. The van der Waals surface area contributed by atoms with Crippen LogP contribution in [0.1, 0.15) is 96.8 Å². The summed E-state index contributed by atoms with van der Waals surface area (Å²) in [5.41, 5.74) is 0. The largest absolute Gasteiger partial charge is 0.463 e. The SMILES string of the molecule is CCCCCCCCC=CCCCCCCCC(=O)OC[C@@H](O)C1OC[C@H](O)[C@H]1O. The van der Waals surface area contributed by atoms with Crippen molar-refractivity contribution in [2.45, 2.75) is 121 Å². The predicted molar refractivity (Wildman–Crippen MR) is 118 cm³/mol. The molecule has 0 radical (unpaired) electrons. The van der Waals surface area contributed by atoms with Gasteiger partial charge in [0.1, 0.15) is 31.0 Å². The molecule has 0 amide bonds. The smallest absolute Gasteiger partial charge is 0.305 e. The third-order valence-electron chi connectivity index (χ3n) is 5.63. The van der Waals surface area contributed by atoms with E-state index in [9.17, 15) is 20.1 Å². The Labute approximate surface area is 182 Å². The van der Waals surface area contributed by atoms with Crippen LogP contribution >= 0.6 is 0 Å². The molecule has 0 aromatic rings. The molecule has 1 fully saturated rings. The van der Waals surface area contributed by atoms with E-state index in [4.69, 9.17) is 9.47 Å². The molecule has 1 rings (SSSR count). The number of hydrogen-bond donors (Lipinski definition) is 3. The molecule has 0 spiro atoms. The van der Waals surface area contributed by atoms with Crippen LogP contribution in [-0.4, -0.2) is 58.9 Å². The normalized spacial score (nSPS) is 22.6. The second kappa shape index (κ2) is 17.7. The Hall–Kier alpha value is -0.950. The van der Waals surface area contributed by atoms with Gasteiger partial charge in [-0.2, -0.15) is 0 Å². The van der Waals surface area contributed by atoms with Gasteiger partial charge in [0.2, 0.25) is 0 Å². The molecule has 0 aromatic carbocycles. The Morgan fingerprint density at radius 2 is 1.53 bits per heavy atom. The van der Waals surface area contributed by atoms with E-state index < -0.39 is 24.4 Å². The fraction of sp³-hybridized carbons (Fsp3) is 0.875. The van der Waals surface area contributed by atoms with Crippen molar-refractivity contribution in [3.05, 3.63) is 12.2 Å². The summed E-state index contributed by atoms with van der Waals surface area (Å²) in [6.07, 6.45) is 16.5. The Balaban J connectivity index is 1.87. The van der Waals surface area contributed by atoms with Crippen molar-refractivity contribution in [1.82, 2.24) is 0 Å². The van der Waals surface area contributed by atoms with Gasteiger partial charge in [-0.25, -0.2) is 0 Å². The van der Waals surface area contributed by atoms with Crippen molar-refractivity contribution in [3.63, 3.8) is 0 Å². The highest BCUT2D eigenvalue weighted by Gasteiger charge is 2.39. The molecule has 3 N–H and O–H groups in total. The van der Waals surface area contributed by atoms with Crippen LogP contribution in [0.15, 0.2) is 12.2 Å². The number of ether oxygens (including phenoxy) is 2. The maximum Gasteiger partial charge on any atom is 0.305 e. The molecule has 1 saturated heterocycles. The molecule has 1 unspecified atom stereocenters. The van der Waals surface area contributed by atoms with Gasteiger partial charge in [0.05, 0.1) is 6.61 Å². The molecule has 0 aliphatic carbocycles. The molecule has 176 valence electrons. The quantitative estimate of drug-likeness (QED) is 0.173. The van der Waals surface area contributed by atoms with Gasteiger partial charge in [0.25, 0.3) is 0 Å². The second-order valence-corrected chi connectivity index (χ2v) is 8.44. The van der Waals surface area contributed by atoms with Gasteiger partial charge >= 0.3 is 5.97 Å². The number of hydrogen-bond acceptors (Lipinski definition) is 6. The van der Waals surface area contributed by atoms with Gasteiger partial charge in [-0.15, -0.1) is 0 Å². The van der Waals surface area contributed by atoms with E-state index in [0.717, 1.165) is 25.7 Å². The fourth-order valence-corrected chi connectivity index (χ4v) is 3.65. The highest BCUT2D eigenvalue weighted by Crippen LogP contribution is 2.18. The summed E-state index contributed by atoms with van der Waals surface area (Å²) in [4.78, 5) is 11.7. The number of carbonyl (C=O) groups excluding carboxylic acids is 1. The number of aliphatic hydroxyl groups is 3. The third kappa shape index (κ3) is 12.7. The summed E-state index contributed by atoms with van der Waals surface area (Å²) in [5.74, 6) is -0.347. The van der Waals surface area contributed by atoms with Gasteiger partial charge < -0.3 is 24.8 Å². The van der Waals surface area contributed by atoms with Crippen LogP contribution in [0.2, 0.25) is 0 Å². The Morgan fingerprint density at radius 3 is 2.10 bits per heavy atom. The zero-order valence-corrected chi connectivity index (χ0v) is 18.8. The van der Waals surface area contributed by atoms with Crippen LogP contribution in [0.4, 0.5) is 0 Å². The van der Waals surface area contributed by atoms with Gasteiger partial charge in [-0.05, 0) is 32.1 Å². The molecule has 0 saturated carbocycles. The van der Waals surface area contributed by atoms with Crippen molar-refractivity contribution >= 4 is 5.97 Å². The first-order valence-corrected chi connectivity index (χ1v) is 12.0. The second-order valence-electron chi connectivity index (χ2n) is 8.44. The molecule has 6 nitrogen and oxygen atoms in total. The van der Waals surface area contributed by atoms with Gasteiger partial charge in [-0.1, -0.05) is 70.4 Å². The van der Waals surface area contributed by atoms with Crippen molar-refractivity contribution in [2.24, 2.45) is 0 Å². The summed E-state index contributed by atoms with van der Waals surface area (Å²) in [5, 5.41) is 29.0. The molecule has 1 heterocycles. The Kier molecular flexibility index (Phi) is 16.0. The lowest BCUT2D eigenvalue weighted by atomic mass is 10.1. The maximum absolute atomic E-state index is 11.7. The van der Waals surface area contributed by atoms with E-state index in [2.05, 4.69) is 19.1 Å². The van der Waals surface area contributed by atoms with E-state index in [-0.39, 0.29) is 19.2 Å². The third-order valence-corrected chi connectivity index (χ3v) is 5.63. The molecular formula is C24H44O6. The Bertz CT molecular complexity index is 453. The Morgan fingerprint density at radius 1 is 0.967 bits per heavy atom.